The fraction of sp³-hybridized carbons (Fsp3) is 0.364. The number of rotatable bonds is 4. The van der Waals surface area contributed by atoms with Gasteiger partial charge in [-0.05, 0) is 30.5 Å². The molecular formula is C11H15NO. The monoisotopic (exact) mass is 177 g/mol. The highest BCUT2D eigenvalue weighted by molar-refractivity contribution is 5.15. The Bertz CT molecular complexity index is 269. The van der Waals surface area contributed by atoms with Gasteiger partial charge in [0.2, 0.25) is 0 Å². The zero-order valence-electron chi connectivity index (χ0n) is 7.90. The van der Waals surface area contributed by atoms with Gasteiger partial charge in [-0.1, -0.05) is 19.1 Å². The lowest BCUT2D eigenvalue weighted by molar-refractivity contribution is 0.177. The maximum absolute atomic E-state index is 9.73. The second-order valence-corrected chi connectivity index (χ2v) is 3.10. The second-order valence-electron chi connectivity index (χ2n) is 3.10. The molecule has 1 unspecified atom stereocenters. The Hall–Kier alpha value is -1.15. The van der Waals surface area contributed by atoms with Gasteiger partial charge in [-0.2, -0.15) is 0 Å². The molecule has 0 spiro atoms. The molecule has 0 saturated carbocycles. The summed E-state index contributed by atoms with van der Waals surface area (Å²) in [6.07, 6.45) is 4.50. The maximum Gasteiger partial charge on any atom is 0.0828 e. The largest absolute Gasteiger partial charge is 0.388 e. The summed E-state index contributed by atoms with van der Waals surface area (Å²) in [5.74, 6) is 0. The van der Waals surface area contributed by atoms with Crippen molar-refractivity contribution >= 4 is 0 Å². The van der Waals surface area contributed by atoms with E-state index in [4.69, 9.17) is 0 Å². The molecule has 1 aromatic rings. The highest BCUT2D eigenvalue weighted by atomic mass is 16.3. The zero-order chi connectivity index (χ0) is 9.68. The summed E-state index contributed by atoms with van der Waals surface area (Å²) < 4.78 is 0. The Kier molecular flexibility index (Phi) is 3.65. The molecule has 1 aromatic heterocycles. The van der Waals surface area contributed by atoms with Crippen LogP contribution < -0.4 is 0 Å². The third kappa shape index (κ3) is 2.99. The fourth-order valence-electron chi connectivity index (χ4n) is 1.12. The second kappa shape index (κ2) is 4.77. The molecule has 0 amide bonds. The van der Waals surface area contributed by atoms with Gasteiger partial charge in [0.1, 0.15) is 0 Å². The normalized spacial score (nSPS) is 12.5. The van der Waals surface area contributed by atoms with E-state index in [1.807, 2.05) is 19.1 Å². The Morgan fingerprint density at radius 1 is 1.54 bits per heavy atom. The molecule has 0 saturated heterocycles. The van der Waals surface area contributed by atoms with Crippen LogP contribution in [0.25, 0.3) is 0 Å². The molecule has 1 N–H and O–H groups in total. The number of aliphatic hydroxyl groups excluding tert-OH is 1. The van der Waals surface area contributed by atoms with E-state index in [0.29, 0.717) is 6.42 Å². The van der Waals surface area contributed by atoms with Crippen LogP contribution >= 0.6 is 0 Å². The SMILES string of the molecule is C=C(CC)CC(O)c1ccncc1. The van der Waals surface area contributed by atoms with Crippen LogP contribution in [0.4, 0.5) is 0 Å². The van der Waals surface area contributed by atoms with Gasteiger partial charge < -0.3 is 5.11 Å². The van der Waals surface area contributed by atoms with Crippen LogP contribution in [-0.4, -0.2) is 10.1 Å². The van der Waals surface area contributed by atoms with Crippen LogP contribution in [0.3, 0.4) is 0 Å². The lowest BCUT2D eigenvalue weighted by atomic mass is 10.0. The summed E-state index contributed by atoms with van der Waals surface area (Å²) in [5, 5.41) is 9.73. The van der Waals surface area contributed by atoms with Gasteiger partial charge in [-0.3, -0.25) is 4.98 Å². The lowest BCUT2D eigenvalue weighted by Crippen LogP contribution is -1.98. The van der Waals surface area contributed by atoms with Gasteiger partial charge in [0.25, 0.3) is 0 Å². The summed E-state index contributed by atoms with van der Waals surface area (Å²) in [4.78, 5) is 3.89. The first kappa shape index (κ1) is 9.93. The van der Waals surface area contributed by atoms with Crippen molar-refractivity contribution in [2.24, 2.45) is 0 Å². The van der Waals surface area contributed by atoms with Gasteiger partial charge in [0.05, 0.1) is 6.10 Å². The van der Waals surface area contributed by atoms with Crippen molar-refractivity contribution in [3.63, 3.8) is 0 Å². The molecule has 0 radical (unpaired) electrons. The third-order valence-electron chi connectivity index (χ3n) is 2.07. The van der Waals surface area contributed by atoms with Crippen molar-refractivity contribution in [2.75, 3.05) is 0 Å². The van der Waals surface area contributed by atoms with Crippen LogP contribution in [0.2, 0.25) is 0 Å². The topological polar surface area (TPSA) is 33.1 Å². The predicted octanol–water partition coefficient (Wildman–Crippen LogP) is 2.47. The van der Waals surface area contributed by atoms with E-state index in [2.05, 4.69) is 11.6 Å². The minimum Gasteiger partial charge on any atom is -0.388 e. The highest BCUT2D eigenvalue weighted by Crippen LogP contribution is 2.20. The van der Waals surface area contributed by atoms with Crippen LogP contribution in [-0.2, 0) is 0 Å². The minimum absolute atomic E-state index is 0.435. The van der Waals surface area contributed by atoms with E-state index in [9.17, 15) is 5.11 Å². The summed E-state index contributed by atoms with van der Waals surface area (Å²) in [6, 6.07) is 3.65. The van der Waals surface area contributed by atoms with Gasteiger partial charge in [0.15, 0.2) is 0 Å². The van der Waals surface area contributed by atoms with Crippen molar-refractivity contribution in [1.29, 1.82) is 0 Å². The quantitative estimate of drug-likeness (QED) is 0.717. The smallest absolute Gasteiger partial charge is 0.0828 e. The molecule has 0 fully saturated rings. The molecule has 0 bridgehead atoms. The predicted molar refractivity (Wildman–Crippen MR) is 53.2 cm³/mol. The maximum atomic E-state index is 9.73. The molecule has 1 rings (SSSR count). The van der Waals surface area contributed by atoms with Crippen LogP contribution in [0.1, 0.15) is 31.4 Å². The first-order valence-corrected chi connectivity index (χ1v) is 4.48. The molecule has 1 heterocycles. The molecule has 0 aliphatic rings. The van der Waals surface area contributed by atoms with E-state index in [-0.39, 0.29) is 0 Å². The van der Waals surface area contributed by atoms with E-state index in [1.165, 1.54) is 0 Å². The van der Waals surface area contributed by atoms with Crippen molar-refractivity contribution in [3.8, 4) is 0 Å². The summed E-state index contributed by atoms with van der Waals surface area (Å²) in [5.41, 5.74) is 1.98. The summed E-state index contributed by atoms with van der Waals surface area (Å²) in [6.45, 7) is 5.91. The standard InChI is InChI=1S/C11H15NO/c1-3-9(2)8-11(13)10-4-6-12-7-5-10/h4-7,11,13H,2-3,8H2,1H3. The van der Waals surface area contributed by atoms with Crippen molar-refractivity contribution in [3.05, 3.63) is 42.2 Å². The average molecular weight is 177 g/mol. The molecule has 0 aliphatic heterocycles. The third-order valence-corrected chi connectivity index (χ3v) is 2.07. The fourth-order valence-corrected chi connectivity index (χ4v) is 1.12. The molecule has 1 atom stereocenters. The van der Waals surface area contributed by atoms with Crippen molar-refractivity contribution in [2.45, 2.75) is 25.9 Å². The molecule has 2 nitrogen and oxygen atoms in total. The minimum atomic E-state index is -0.435. The Labute approximate surface area is 78.9 Å². The van der Waals surface area contributed by atoms with Gasteiger partial charge >= 0.3 is 0 Å². The van der Waals surface area contributed by atoms with Gasteiger partial charge in [-0.25, -0.2) is 0 Å². The number of hydrogen-bond acceptors (Lipinski definition) is 2. The Morgan fingerprint density at radius 2 is 2.15 bits per heavy atom. The number of pyridine rings is 1. The molecule has 13 heavy (non-hydrogen) atoms. The zero-order valence-corrected chi connectivity index (χ0v) is 7.90. The van der Waals surface area contributed by atoms with E-state index in [0.717, 1.165) is 17.6 Å². The first-order valence-electron chi connectivity index (χ1n) is 4.48. The molecule has 2 heteroatoms. The number of hydrogen-bond donors (Lipinski definition) is 1. The molecular weight excluding hydrogens is 162 g/mol. The average Bonchev–Trinajstić information content (AvgIpc) is 2.19. The van der Waals surface area contributed by atoms with Crippen molar-refractivity contribution in [1.82, 2.24) is 4.98 Å². The van der Waals surface area contributed by atoms with E-state index >= 15 is 0 Å². The van der Waals surface area contributed by atoms with E-state index < -0.39 is 6.10 Å². The molecule has 0 aliphatic carbocycles. The number of aliphatic hydroxyl groups is 1. The highest BCUT2D eigenvalue weighted by Gasteiger charge is 2.07. The molecule has 70 valence electrons. The van der Waals surface area contributed by atoms with Crippen LogP contribution in [0.5, 0.6) is 0 Å². The summed E-state index contributed by atoms with van der Waals surface area (Å²) in [7, 11) is 0. The van der Waals surface area contributed by atoms with Crippen molar-refractivity contribution < 1.29 is 5.11 Å². The van der Waals surface area contributed by atoms with Crippen LogP contribution in [0.15, 0.2) is 36.7 Å². The van der Waals surface area contributed by atoms with Gasteiger partial charge in [0, 0.05) is 12.4 Å². The Balaban J connectivity index is 2.59. The first-order chi connectivity index (χ1) is 6.24. The number of nitrogens with zero attached hydrogens (tertiary/aromatic N) is 1. The number of aromatic nitrogens is 1. The van der Waals surface area contributed by atoms with Crippen LogP contribution in [0, 0.1) is 0 Å². The van der Waals surface area contributed by atoms with E-state index in [1.54, 1.807) is 12.4 Å². The Morgan fingerprint density at radius 3 is 2.69 bits per heavy atom. The summed E-state index contributed by atoms with van der Waals surface area (Å²) >= 11 is 0. The van der Waals surface area contributed by atoms with Gasteiger partial charge in [-0.15, -0.1) is 0 Å². The molecule has 0 aromatic carbocycles. The lowest BCUT2D eigenvalue weighted by Gasteiger charge is -2.11.